The van der Waals surface area contributed by atoms with Crippen LogP contribution in [0, 0.1) is 0 Å². The van der Waals surface area contributed by atoms with Gasteiger partial charge >= 0.3 is 0 Å². The number of hydrogen-bond donors (Lipinski definition) is 2. The Hall–Kier alpha value is -2.49. The third kappa shape index (κ3) is 1.42. The number of nitrogens with zero attached hydrogens (tertiary/aromatic N) is 2. The number of nitrogen functional groups attached to an aromatic ring is 1. The van der Waals surface area contributed by atoms with Crippen LogP contribution in [0.15, 0.2) is 48.7 Å². The van der Waals surface area contributed by atoms with Crippen LogP contribution < -0.4 is 5.73 Å². The Labute approximate surface area is 97.9 Å². The van der Waals surface area contributed by atoms with Gasteiger partial charge in [-0.05, 0) is 17.5 Å². The smallest absolute Gasteiger partial charge is 0.110 e. The van der Waals surface area contributed by atoms with Crippen LogP contribution in [0.5, 0.6) is 0 Å². The van der Waals surface area contributed by atoms with Gasteiger partial charge in [-0.15, -0.1) is 9.94 Å². The quantitative estimate of drug-likeness (QED) is 0.494. The molecule has 4 nitrogen and oxygen atoms in total. The first-order valence-corrected chi connectivity index (χ1v) is 5.28. The highest BCUT2D eigenvalue weighted by atomic mass is 16.5. The van der Waals surface area contributed by atoms with Crippen molar-refractivity contribution in [3.8, 4) is 11.3 Å². The second-order valence-electron chi connectivity index (χ2n) is 3.85. The number of hydrogen-bond acceptors (Lipinski definition) is 3. The third-order valence-electron chi connectivity index (χ3n) is 2.86. The first-order valence-electron chi connectivity index (χ1n) is 5.28. The van der Waals surface area contributed by atoms with Gasteiger partial charge < -0.3 is 10.9 Å². The lowest BCUT2D eigenvalue weighted by Gasteiger charge is -2.07. The first-order chi connectivity index (χ1) is 8.27. The zero-order valence-corrected chi connectivity index (χ0v) is 9.04. The van der Waals surface area contributed by atoms with Crippen LogP contribution in [-0.2, 0) is 0 Å². The van der Waals surface area contributed by atoms with Crippen LogP contribution in [0.3, 0.4) is 0 Å². The van der Waals surface area contributed by atoms with Gasteiger partial charge in [0.05, 0.1) is 6.20 Å². The topological polar surface area (TPSA) is 64.1 Å². The van der Waals surface area contributed by atoms with Crippen molar-refractivity contribution in [3.05, 3.63) is 48.7 Å². The summed E-state index contributed by atoms with van der Waals surface area (Å²) in [6, 6.07) is 13.3. The summed E-state index contributed by atoms with van der Waals surface area (Å²) in [5, 5.41) is 15.4. The van der Waals surface area contributed by atoms with E-state index in [9.17, 15) is 5.21 Å². The number of aromatic nitrogens is 2. The number of fused-ring (bicyclic) bond motifs is 1. The van der Waals surface area contributed by atoms with Crippen molar-refractivity contribution in [2.45, 2.75) is 0 Å². The lowest BCUT2D eigenvalue weighted by Crippen LogP contribution is -1.96. The zero-order chi connectivity index (χ0) is 11.8. The van der Waals surface area contributed by atoms with Crippen molar-refractivity contribution < 1.29 is 5.21 Å². The van der Waals surface area contributed by atoms with Crippen LogP contribution >= 0.6 is 0 Å². The van der Waals surface area contributed by atoms with Gasteiger partial charge in [0.1, 0.15) is 5.69 Å². The molecule has 4 heteroatoms. The molecule has 1 heterocycles. The molecule has 0 amide bonds. The van der Waals surface area contributed by atoms with Crippen molar-refractivity contribution in [2.24, 2.45) is 0 Å². The molecular formula is C13H11N3O. The number of benzene rings is 2. The standard InChI is InChI=1S/C13H11N3O/c14-12-6-2-3-9-10(12)4-1-5-11(9)13-7-8-15-16(13)17/h1-8,17H,14H2. The number of rotatable bonds is 1. The fourth-order valence-electron chi connectivity index (χ4n) is 2.05. The van der Waals surface area contributed by atoms with E-state index in [1.54, 1.807) is 12.3 Å². The molecule has 0 aliphatic heterocycles. The molecule has 3 rings (SSSR count). The van der Waals surface area contributed by atoms with E-state index in [1.807, 2.05) is 36.4 Å². The summed E-state index contributed by atoms with van der Waals surface area (Å²) in [7, 11) is 0. The highest BCUT2D eigenvalue weighted by Crippen LogP contribution is 2.30. The lowest BCUT2D eigenvalue weighted by molar-refractivity contribution is 0.153. The maximum atomic E-state index is 9.61. The monoisotopic (exact) mass is 225 g/mol. The van der Waals surface area contributed by atoms with E-state index < -0.39 is 0 Å². The van der Waals surface area contributed by atoms with Gasteiger partial charge in [-0.1, -0.05) is 30.3 Å². The van der Waals surface area contributed by atoms with Crippen molar-refractivity contribution in [2.75, 3.05) is 5.73 Å². The van der Waals surface area contributed by atoms with Gasteiger partial charge in [-0.3, -0.25) is 0 Å². The summed E-state index contributed by atoms with van der Waals surface area (Å²) >= 11 is 0. The highest BCUT2D eigenvalue weighted by molar-refractivity contribution is 6.01. The minimum absolute atomic E-state index is 0.654. The van der Waals surface area contributed by atoms with Gasteiger partial charge in [-0.2, -0.15) is 0 Å². The molecule has 1 aromatic heterocycles. The Kier molecular flexibility index (Phi) is 2.01. The van der Waals surface area contributed by atoms with E-state index in [2.05, 4.69) is 5.10 Å². The van der Waals surface area contributed by atoms with Gasteiger partial charge in [-0.25, -0.2) is 0 Å². The Morgan fingerprint density at radius 1 is 1.00 bits per heavy atom. The maximum absolute atomic E-state index is 9.61. The largest absolute Gasteiger partial charge is 0.411 e. The molecule has 17 heavy (non-hydrogen) atoms. The molecule has 0 spiro atoms. The molecule has 0 fully saturated rings. The number of anilines is 1. The summed E-state index contributed by atoms with van der Waals surface area (Å²) in [5.74, 6) is 0. The van der Waals surface area contributed by atoms with E-state index in [4.69, 9.17) is 5.73 Å². The summed E-state index contributed by atoms with van der Waals surface area (Å²) in [4.78, 5) is 0.873. The van der Waals surface area contributed by atoms with Gasteiger partial charge in [0.15, 0.2) is 0 Å². The van der Waals surface area contributed by atoms with Gasteiger partial charge in [0, 0.05) is 16.6 Å². The molecule has 0 radical (unpaired) electrons. The molecule has 0 atom stereocenters. The second-order valence-corrected chi connectivity index (χ2v) is 3.85. The van der Waals surface area contributed by atoms with Crippen LogP contribution in [0.4, 0.5) is 5.69 Å². The summed E-state index contributed by atoms with van der Waals surface area (Å²) in [6.07, 6.45) is 1.56. The van der Waals surface area contributed by atoms with E-state index in [0.717, 1.165) is 26.9 Å². The summed E-state index contributed by atoms with van der Waals surface area (Å²) < 4.78 is 0. The molecule has 2 aromatic carbocycles. The van der Waals surface area contributed by atoms with E-state index in [0.29, 0.717) is 5.69 Å². The number of nitrogens with two attached hydrogens (primary N) is 1. The first kappa shape index (κ1) is 9.72. The third-order valence-corrected chi connectivity index (χ3v) is 2.86. The van der Waals surface area contributed by atoms with Crippen LogP contribution in [0.2, 0.25) is 0 Å². The molecule has 3 N–H and O–H groups in total. The molecule has 84 valence electrons. The molecule has 0 saturated carbocycles. The fraction of sp³-hybridized carbons (Fsp3) is 0. The van der Waals surface area contributed by atoms with E-state index in [-0.39, 0.29) is 0 Å². The van der Waals surface area contributed by atoms with Crippen LogP contribution in [0.1, 0.15) is 0 Å². The van der Waals surface area contributed by atoms with Crippen molar-refractivity contribution in [1.29, 1.82) is 0 Å². The van der Waals surface area contributed by atoms with Crippen molar-refractivity contribution in [3.63, 3.8) is 0 Å². The zero-order valence-electron chi connectivity index (χ0n) is 9.04. The molecular weight excluding hydrogens is 214 g/mol. The Morgan fingerprint density at radius 3 is 2.53 bits per heavy atom. The predicted octanol–water partition coefficient (Wildman–Crippen LogP) is 2.52. The maximum Gasteiger partial charge on any atom is 0.110 e. The Morgan fingerprint density at radius 2 is 1.76 bits per heavy atom. The SMILES string of the molecule is Nc1cccc2c(-c3ccnn3O)cccc12. The highest BCUT2D eigenvalue weighted by Gasteiger charge is 2.09. The van der Waals surface area contributed by atoms with Gasteiger partial charge in [0.25, 0.3) is 0 Å². The molecule has 0 saturated heterocycles. The van der Waals surface area contributed by atoms with Crippen molar-refractivity contribution in [1.82, 2.24) is 9.94 Å². The minimum Gasteiger partial charge on any atom is -0.411 e. The molecule has 3 aromatic rings. The van der Waals surface area contributed by atoms with E-state index >= 15 is 0 Å². The minimum atomic E-state index is 0.654. The second kappa shape index (κ2) is 3.52. The van der Waals surface area contributed by atoms with Gasteiger partial charge in [0.2, 0.25) is 0 Å². The lowest BCUT2D eigenvalue weighted by atomic mass is 10.0. The average Bonchev–Trinajstić information content (AvgIpc) is 2.75. The molecule has 0 unspecified atom stereocenters. The summed E-state index contributed by atoms with van der Waals surface area (Å²) in [6.45, 7) is 0. The molecule has 0 bridgehead atoms. The van der Waals surface area contributed by atoms with Crippen LogP contribution in [0.25, 0.3) is 22.0 Å². The van der Waals surface area contributed by atoms with Crippen LogP contribution in [-0.4, -0.2) is 15.2 Å². The summed E-state index contributed by atoms with van der Waals surface area (Å²) in [5.41, 5.74) is 8.23. The normalized spacial score (nSPS) is 10.8. The van der Waals surface area contributed by atoms with E-state index in [1.165, 1.54) is 0 Å². The fourth-order valence-corrected chi connectivity index (χ4v) is 2.05. The molecule has 0 aliphatic carbocycles. The molecule has 0 aliphatic rings. The Balaban J connectivity index is 2.38. The van der Waals surface area contributed by atoms with Crippen molar-refractivity contribution >= 4 is 16.5 Å². The Bertz CT molecular complexity index is 688. The predicted molar refractivity (Wildman–Crippen MR) is 66.8 cm³/mol. The average molecular weight is 225 g/mol.